The second kappa shape index (κ2) is 10.8. The highest BCUT2D eigenvalue weighted by molar-refractivity contribution is 6.05. The molecule has 0 radical (unpaired) electrons. The van der Waals surface area contributed by atoms with E-state index in [2.05, 4.69) is 58.7 Å². The minimum absolute atomic E-state index is 0.0674. The molecule has 2 aliphatic carbocycles. The van der Waals surface area contributed by atoms with E-state index in [1.165, 1.54) is 0 Å². The average molecular weight is 482 g/mol. The van der Waals surface area contributed by atoms with Crippen molar-refractivity contribution in [1.82, 2.24) is 20.4 Å². The topological polar surface area (TPSA) is 91.5 Å². The van der Waals surface area contributed by atoms with E-state index in [0.717, 1.165) is 56.0 Å². The number of aromatic nitrogens is 2. The van der Waals surface area contributed by atoms with E-state index in [0.29, 0.717) is 29.4 Å². The molecular formula is C27H39N5O3. The maximum atomic E-state index is 12.9. The molecule has 3 aliphatic rings. The Morgan fingerprint density at radius 1 is 1.26 bits per heavy atom. The zero-order valence-electron chi connectivity index (χ0n) is 21.6. The fourth-order valence-electron chi connectivity index (χ4n) is 5.22. The van der Waals surface area contributed by atoms with Gasteiger partial charge in [0.05, 0.1) is 20.0 Å². The first kappa shape index (κ1) is 25.3. The summed E-state index contributed by atoms with van der Waals surface area (Å²) in [7, 11) is 3.36. The molecule has 1 saturated heterocycles. The summed E-state index contributed by atoms with van der Waals surface area (Å²) in [6.07, 6.45) is 13.7. The van der Waals surface area contributed by atoms with Gasteiger partial charge in [0, 0.05) is 60.5 Å². The van der Waals surface area contributed by atoms with E-state index in [-0.39, 0.29) is 11.4 Å². The summed E-state index contributed by atoms with van der Waals surface area (Å²) >= 11 is 0. The van der Waals surface area contributed by atoms with E-state index in [4.69, 9.17) is 9.47 Å². The van der Waals surface area contributed by atoms with Crippen molar-refractivity contribution in [3.8, 4) is 0 Å². The van der Waals surface area contributed by atoms with Gasteiger partial charge in [-0.05, 0) is 52.0 Å². The predicted octanol–water partition coefficient (Wildman–Crippen LogP) is 3.69. The zero-order valence-corrected chi connectivity index (χ0v) is 21.6. The lowest BCUT2D eigenvalue weighted by molar-refractivity contribution is -0.112. The molecule has 2 heterocycles. The summed E-state index contributed by atoms with van der Waals surface area (Å²) in [5, 5.41) is 13.9. The SMILES string of the molecule is COC1=CC(CCc2cc(NC(=O)C3=CCC(C)(N4C[C@@H](C)N[C@@H](C)C4)C=C3)n[nH]2)CC(OC)=C1. The second-order valence-corrected chi connectivity index (χ2v) is 10.3. The van der Waals surface area contributed by atoms with Gasteiger partial charge in [0.1, 0.15) is 5.76 Å². The monoisotopic (exact) mass is 481 g/mol. The average Bonchev–Trinajstić information content (AvgIpc) is 3.29. The van der Waals surface area contributed by atoms with Crippen LogP contribution in [-0.4, -0.2) is 65.9 Å². The molecule has 35 heavy (non-hydrogen) atoms. The highest BCUT2D eigenvalue weighted by Crippen LogP contribution is 2.30. The third-order valence-electron chi connectivity index (χ3n) is 7.22. The molecule has 2 unspecified atom stereocenters. The van der Waals surface area contributed by atoms with Gasteiger partial charge in [0.15, 0.2) is 5.82 Å². The molecule has 1 amide bonds. The molecule has 0 saturated carbocycles. The maximum absolute atomic E-state index is 12.9. The number of ether oxygens (including phenoxy) is 2. The van der Waals surface area contributed by atoms with E-state index in [1.807, 2.05) is 24.3 Å². The Balaban J connectivity index is 1.29. The highest BCUT2D eigenvalue weighted by atomic mass is 16.5. The smallest absolute Gasteiger partial charge is 0.256 e. The van der Waals surface area contributed by atoms with Crippen molar-refractivity contribution in [3.63, 3.8) is 0 Å². The van der Waals surface area contributed by atoms with Crippen LogP contribution in [0.4, 0.5) is 5.82 Å². The number of rotatable bonds is 8. The minimum atomic E-state index is -0.127. The minimum Gasteiger partial charge on any atom is -0.501 e. The largest absolute Gasteiger partial charge is 0.501 e. The number of methoxy groups -OCH3 is 2. The molecule has 1 aromatic rings. The van der Waals surface area contributed by atoms with Gasteiger partial charge >= 0.3 is 0 Å². The molecule has 1 fully saturated rings. The number of nitrogens with one attached hydrogen (secondary N) is 3. The van der Waals surface area contributed by atoms with Gasteiger partial charge in [-0.15, -0.1) is 0 Å². The summed E-state index contributed by atoms with van der Waals surface area (Å²) in [5.41, 5.74) is 1.60. The number of aryl methyl sites for hydroxylation is 1. The first-order valence-corrected chi connectivity index (χ1v) is 12.5. The zero-order chi connectivity index (χ0) is 25.0. The van der Waals surface area contributed by atoms with Crippen LogP contribution in [0.15, 0.2) is 53.5 Å². The van der Waals surface area contributed by atoms with Gasteiger partial charge in [-0.3, -0.25) is 14.8 Å². The van der Waals surface area contributed by atoms with Gasteiger partial charge in [0.2, 0.25) is 0 Å². The van der Waals surface area contributed by atoms with E-state index < -0.39 is 0 Å². The standard InChI is InChI=1S/C27H39N5O3/c1-18-16-32(17-19(2)28-18)27(3)10-8-21(9-11-27)26(33)29-25-14-22(30-31-25)7-6-20-12-23(34-4)15-24(13-20)35-5/h8-10,12,14-15,18-20,28H,6-7,11,13,16-17H2,1-5H3,(H2,29,30,31,33)/t18-,19+,20?,27?. The molecule has 8 nitrogen and oxygen atoms in total. The third kappa shape index (κ3) is 6.24. The molecule has 1 aliphatic heterocycles. The summed E-state index contributed by atoms with van der Waals surface area (Å²) in [6, 6.07) is 2.83. The second-order valence-electron chi connectivity index (χ2n) is 10.3. The molecule has 0 spiro atoms. The van der Waals surface area contributed by atoms with Crippen LogP contribution in [-0.2, 0) is 20.7 Å². The number of hydrogen-bond acceptors (Lipinski definition) is 6. The number of H-pyrrole nitrogens is 1. The van der Waals surface area contributed by atoms with Gasteiger partial charge in [-0.2, -0.15) is 5.10 Å². The molecular weight excluding hydrogens is 442 g/mol. The van der Waals surface area contributed by atoms with Crippen molar-refractivity contribution in [3.05, 3.63) is 59.2 Å². The number of piperazine rings is 1. The molecule has 4 atom stereocenters. The van der Waals surface area contributed by atoms with Crippen LogP contribution < -0.4 is 10.6 Å². The lowest BCUT2D eigenvalue weighted by Crippen LogP contribution is -2.60. The van der Waals surface area contributed by atoms with Crippen molar-refractivity contribution >= 4 is 11.7 Å². The van der Waals surface area contributed by atoms with Crippen LogP contribution in [0, 0.1) is 5.92 Å². The van der Waals surface area contributed by atoms with Gasteiger partial charge < -0.3 is 20.1 Å². The van der Waals surface area contributed by atoms with E-state index in [1.54, 1.807) is 14.2 Å². The number of carbonyl (C=O) groups excluding carboxylic acids is 1. The summed E-state index contributed by atoms with van der Waals surface area (Å²) in [4.78, 5) is 15.4. The summed E-state index contributed by atoms with van der Waals surface area (Å²) < 4.78 is 10.8. The van der Waals surface area contributed by atoms with Crippen LogP contribution in [0.5, 0.6) is 0 Å². The Labute approximate surface area is 208 Å². The Morgan fingerprint density at radius 2 is 2.03 bits per heavy atom. The lowest BCUT2D eigenvalue weighted by Gasteiger charge is -2.46. The van der Waals surface area contributed by atoms with Crippen LogP contribution in [0.25, 0.3) is 0 Å². The molecule has 0 bridgehead atoms. The summed E-state index contributed by atoms with van der Waals surface area (Å²) in [6.45, 7) is 8.71. The predicted molar refractivity (Wildman–Crippen MR) is 138 cm³/mol. The molecule has 8 heteroatoms. The molecule has 3 N–H and O–H groups in total. The molecule has 1 aromatic heterocycles. The van der Waals surface area contributed by atoms with Crippen LogP contribution >= 0.6 is 0 Å². The van der Waals surface area contributed by atoms with Crippen LogP contribution in [0.3, 0.4) is 0 Å². The van der Waals surface area contributed by atoms with E-state index >= 15 is 0 Å². The number of allylic oxidation sites excluding steroid dienone is 3. The first-order valence-electron chi connectivity index (χ1n) is 12.5. The number of amides is 1. The van der Waals surface area contributed by atoms with Gasteiger partial charge in [-0.1, -0.05) is 18.2 Å². The first-order chi connectivity index (χ1) is 16.8. The number of carbonyl (C=O) groups is 1. The number of anilines is 1. The van der Waals surface area contributed by atoms with E-state index in [9.17, 15) is 4.79 Å². The number of aromatic amines is 1. The van der Waals surface area contributed by atoms with Gasteiger partial charge in [-0.25, -0.2) is 0 Å². The van der Waals surface area contributed by atoms with Crippen LogP contribution in [0.1, 0.15) is 45.7 Å². The quantitative estimate of drug-likeness (QED) is 0.525. The van der Waals surface area contributed by atoms with Crippen molar-refractivity contribution in [1.29, 1.82) is 0 Å². The van der Waals surface area contributed by atoms with Crippen molar-refractivity contribution in [2.24, 2.45) is 5.92 Å². The normalized spacial score (nSPS) is 29.2. The molecule has 0 aromatic carbocycles. The molecule has 190 valence electrons. The Kier molecular flexibility index (Phi) is 7.82. The van der Waals surface area contributed by atoms with Crippen molar-refractivity contribution in [2.75, 3.05) is 32.6 Å². The highest BCUT2D eigenvalue weighted by Gasteiger charge is 2.35. The van der Waals surface area contributed by atoms with Crippen molar-refractivity contribution < 1.29 is 14.3 Å². The lowest BCUT2D eigenvalue weighted by atomic mass is 9.87. The summed E-state index contributed by atoms with van der Waals surface area (Å²) in [5.74, 6) is 2.52. The third-order valence-corrected chi connectivity index (χ3v) is 7.22. The van der Waals surface area contributed by atoms with Crippen molar-refractivity contribution in [2.45, 2.75) is 64.1 Å². The number of nitrogens with zero attached hydrogens (tertiary/aromatic N) is 2. The molecule has 4 rings (SSSR count). The Bertz CT molecular complexity index is 1030. The Hall–Kier alpha value is -2.84. The van der Waals surface area contributed by atoms with Crippen LogP contribution in [0.2, 0.25) is 0 Å². The maximum Gasteiger partial charge on any atom is 0.256 e. The Morgan fingerprint density at radius 3 is 2.69 bits per heavy atom. The fraction of sp³-hybridized carbons (Fsp3) is 0.556. The van der Waals surface area contributed by atoms with Gasteiger partial charge in [0.25, 0.3) is 5.91 Å². The fourth-order valence-corrected chi connectivity index (χ4v) is 5.22. The number of hydrogen-bond donors (Lipinski definition) is 3.